The van der Waals surface area contributed by atoms with Gasteiger partial charge >= 0.3 is 5.97 Å². The molecular formula is C14H18N2O4. The molecule has 0 aromatic heterocycles. The number of hydrogen-bond acceptors (Lipinski definition) is 5. The van der Waals surface area contributed by atoms with E-state index >= 15 is 0 Å². The molecule has 0 radical (unpaired) electrons. The molecule has 1 aromatic rings. The molecule has 0 bridgehead atoms. The zero-order valence-electron chi connectivity index (χ0n) is 11.5. The predicted octanol–water partition coefficient (Wildman–Crippen LogP) is 0.328. The molecule has 1 saturated heterocycles. The minimum atomic E-state index is -0.346. The molecule has 1 aliphatic heterocycles. The van der Waals surface area contributed by atoms with Crippen LogP contribution in [0.1, 0.15) is 16.8 Å². The van der Waals surface area contributed by atoms with Gasteiger partial charge in [-0.15, -0.1) is 0 Å². The second-order valence-corrected chi connectivity index (χ2v) is 4.62. The number of ether oxygens (including phenoxy) is 2. The van der Waals surface area contributed by atoms with Crippen LogP contribution in [-0.2, 0) is 9.53 Å². The van der Waals surface area contributed by atoms with Crippen molar-refractivity contribution in [3.63, 3.8) is 0 Å². The Morgan fingerprint density at radius 2 is 1.95 bits per heavy atom. The van der Waals surface area contributed by atoms with Crippen LogP contribution in [0.2, 0.25) is 0 Å². The van der Waals surface area contributed by atoms with Crippen molar-refractivity contribution < 1.29 is 19.1 Å². The average Bonchev–Trinajstić information content (AvgIpc) is 2.95. The second-order valence-electron chi connectivity index (χ2n) is 4.62. The van der Waals surface area contributed by atoms with Crippen molar-refractivity contribution >= 4 is 11.9 Å². The first-order valence-corrected chi connectivity index (χ1v) is 6.40. The molecule has 2 atom stereocenters. The van der Waals surface area contributed by atoms with Crippen molar-refractivity contribution in [1.29, 1.82) is 0 Å². The molecule has 6 heteroatoms. The fraction of sp³-hybridized carbons (Fsp3) is 0.429. The molecular weight excluding hydrogens is 260 g/mol. The Bertz CT molecular complexity index is 486. The molecule has 1 aliphatic rings. The topological polar surface area (TPSA) is 76.7 Å². The van der Waals surface area contributed by atoms with Gasteiger partial charge in [-0.2, -0.15) is 0 Å². The van der Waals surface area contributed by atoms with E-state index in [1.165, 1.54) is 7.11 Å². The van der Waals surface area contributed by atoms with Crippen LogP contribution >= 0.6 is 0 Å². The lowest BCUT2D eigenvalue weighted by Crippen LogP contribution is -2.36. The molecule has 2 N–H and O–H groups in total. The molecule has 1 aromatic carbocycles. The van der Waals surface area contributed by atoms with Gasteiger partial charge in [0.2, 0.25) is 0 Å². The van der Waals surface area contributed by atoms with Gasteiger partial charge in [0.05, 0.1) is 14.2 Å². The summed E-state index contributed by atoms with van der Waals surface area (Å²) in [6.07, 6.45) is 0.536. The van der Waals surface area contributed by atoms with Crippen LogP contribution in [0.4, 0.5) is 0 Å². The first-order valence-electron chi connectivity index (χ1n) is 6.40. The van der Waals surface area contributed by atoms with E-state index < -0.39 is 0 Å². The van der Waals surface area contributed by atoms with Crippen molar-refractivity contribution in [2.45, 2.75) is 18.5 Å². The Kier molecular flexibility index (Phi) is 4.57. The summed E-state index contributed by atoms with van der Waals surface area (Å²) in [7, 11) is 2.93. The molecule has 0 unspecified atom stereocenters. The zero-order valence-corrected chi connectivity index (χ0v) is 11.5. The molecule has 2 rings (SSSR count). The normalized spacial score (nSPS) is 21.3. The standard InChI is InChI=1S/C14H18N2O4/c1-19-11-5-3-9(4-6-11)13(17)16-10-7-12(15-8-10)14(18)20-2/h3-6,10,12,15H,7-8H2,1-2H3,(H,16,17)/t10-,12+/m1/s1. The fourth-order valence-electron chi connectivity index (χ4n) is 2.18. The summed E-state index contributed by atoms with van der Waals surface area (Å²) in [5, 5.41) is 5.91. The molecule has 1 fully saturated rings. The van der Waals surface area contributed by atoms with Crippen LogP contribution in [-0.4, -0.2) is 44.7 Å². The van der Waals surface area contributed by atoms with Crippen LogP contribution in [0.3, 0.4) is 0 Å². The summed E-state index contributed by atoms with van der Waals surface area (Å²) in [5.74, 6) is 0.242. The third-order valence-corrected chi connectivity index (χ3v) is 3.30. The Hall–Kier alpha value is -2.08. The van der Waals surface area contributed by atoms with Crippen LogP contribution in [0, 0.1) is 0 Å². The number of nitrogens with one attached hydrogen (secondary N) is 2. The molecule has 0 aliphatic carbocycles. The highest BCUT2D eigenvalue weighted by molar-refractivity contribution is 5.94. The van der Waals surface area contributed by atoms with Crippen molar-refractivity contribution in [3.05, 3.63) is 29.8 Å². The summed E-state index contributed by atoms with van der Waals surface area (Å²) in [6, 6.07) is 6.45. The number of benzene rings is 1. The fourth-order valence-corrected chi connectivity index (χ4v) is 2.18. The van der Waals surface area contributed by atoms with Gasteiger partial charge in [-0.05, 0) is 30.7 Å². The molecule has 0 spiro atoms. The van der Waals surface area contributed by atoms with Gasteiger partial charge in [-0.25, -0.2) is 0 Å². The van der Waals surface area contributed by atoms with Gasteiger partial charge in [-0.3, -0.25) is 9.59 Å². The second kappa shape index (κ2) is 6.38. The maximum Gasteiger partial charge on any atom is 0.322 e. The van der Waals surface area contributed by atoms with Gasteiger partial charge in [0.1, 0.15) is 11.8 Å². The van der Waals surface area contributed by atoms with E-state index in [2.05, 4.69) is 15.4 Å². The lowest BCUT2D eigenvalue weighted by atomic mass is 10.1. The largest absolute Gasteiger partial charge is 0.497 e. The van der Waals surface area contributed by atoms with Crippen LogP contribution in [0.5, 0.6) is 5.75 Å². The van der Waals surface area contributed by atoms with E-state index in [4.69, 9.17) is 4.74 Å². The van der Waals surface area contributed by atoms with E-state index in [0.717, 1.165) is 0 Å². The highest BCUT2D eigenvalue weighted by Gasteiger charge is 2.30. The predicted molar refractivity (Wildman–Crippen MR) is 72.7 cm³/mol. The van der Waals surface area contributed by atoms with Gasteiger partial charge in [-0.1, -0.05) is 0 Å². The first-order chi connectivity index (χ1) is 9.63. The number of amides is 1. The number of esters is 1. The maximum absolute atomic E-state index is 12.1. The summed E-state index contributed by atoms with van der Waals surface area (Å²) in [6.45, 7) is 0.557. The lowest BCUT2D eigenvalue weighted by Gasteiger charge is -2.12. The minimum absolute atomic E-state index is 0.0753. The van der Waals surface area contributed by atoms with E-state index in [-0.39, 0.29) is 24.0 Å². The summed E-state index contributed by atoms with van der Waals surface area (Å²) in [5.41, 5.74) is 0.562. The maximum atomic E-state index is 12.1. The van der Waals surface area contributed by atoms with Gasteiger partial charge < -0.3 is 20.1 Å². The summed E-state index contributed by atoms with van der Waals surface area (Å²) in [4.78, 5) is 23.4. The SMILES string of the molecule is COC(=O)[C@@H]1C[C@@H](NC(=O)c2ccc(OC)cc2)CN1. The zero-order chi connectivity index (χ0) is 14.5. The molecule has 1 heterocycles. The van der Waals surface area contributed by atoms with Crippen molar-refractivity contribution in [2.24, 2.45) is 0 Å². The summed E-state index contributed by atoms with van der Waals surface area (Å²) < 4.78 is 9.71. The van der Waals surface area contributed by atoms with Gasteiger partial charge in [0.15, 0.2) is 0 Å². The quantitative estimate of drug-likeness (QED) is 0.776. The molecule has 6 nitrogen and oxygen atoms in total. The average molecular weight is 278 g/mol. The third-order valence-electron chi connectivity index (χ3n) is 3.30. The van der Waals surface area contributed by atoms with Crippen molar-refractivity contribution in [2.75, 3.05) is 20.8 Å². The van der Waals surface area contributed by atoms with Gasteiger partial charge in [0, 0.05) is 18.2 Å². The smallest absolute Gasteiger partial charge is 0.322 e. The van der Waals surface area contributed by atoms with Crippen molar-refractivity contribution in [3.8, 4) is 5.75 Å². The van der Waals surface area contributed by atoms with E-state index in [9.17, 15) is 9.59 Å². The Balaban J connectivity index is 1.90. The van der Waals surface area contributed by atoms with E-state index in [1.807, 2.05) is 0 Å². The Morgan fingerprint density at radius 3 is 2.55 bits per heavy atom. The number of carbonyl (C=O) groups is 2. The minimum Gasteiger partial charge on any atom is -0.497 e. The Labute approximate surface area is 117 Å². The molecule has 108 valence electrons. The first kappa shape index (κ1) is 14.3. The van der Waals surface area contributed by atoms with E-state index in [0.29, 0.717) is 24.3 Å². The summed E-state index contributed by atoms with van der Waals surface area (Å²) >= 11 is 0. The Morgan fingerprint density at radius 1 is 1.25 bits per heavy atom. The number of hydrogen-bond donors (Lipinski definition) is 2. The van der Waals surface area contributed by atoms with Crippen molar-refractivity contribution in [1.82, 2.24) is 10.6 Å². The number of rotatable bonds is 4. The molecule has 20 heavy (non-hydrogen) atoms. The number of carbonyl (C=O) groups excluding carboxylic acids is 2. The number of methoxy groups -OCH3 is 2. The van der Waals surface area contributed by atoms with E-state index in [1.54, 1.807) is 31.4 Å². The highest BCUT2D eigenvalue weighted by Crippen LogP contribution is 2.13. The van der Waals surface area contributed by atoms with Crippen LogP contribution in [0.25, 0.3) is 0 Å². The third kappa shape index (κ3) is 3.27. The van der Waals surface area contributed by atoms with Crippen LogP contribution in [0.15, 0.2) is 24.3 Å². The monoisotopic (exact) mass is 278 g/mol. The molecule has 1 amide bonds. The van der Waals surface area contributed by atoms with Gasteiger partial charge in [0.25, 0.3) is 5.91 Å². The van der Waals surface area contributed by atoms with Crippen LogP contribution < -0.4 is 15.4 Å². The molecule has 0 saturated carbocycles. The highest BCUT2D eigenvalue weighted by atomic mass is 16.5. The lowest BCUT2D eigenvalue weighted by molar-refractivity contribution is -0.142.